The van der Waals surface area contributed by atoms with E-state index in [0.29, 0.717) is 16.8 Å². The molecule has 2 atom stereocenters. The number of carboxylic acids is 2. The number of nitrogens with one attached hydrogen (secondary N) is 3. The summed E-state index contributed by atoms with van der Waals surface area (Å²) in [5.41, 5.74) is 2.88. The van der Waals surface area contributed by atoms with Gasteiger partial charge in [0.25, 0.3) is 5.91 Å². The van der Waals surface area contributed by atoms with Gasteiger partial charge in [-0.05, 0) is 90.9 Å². The number of pyridine rings is 1. The summed E-state index contributed by atoms with van der Waals surface area (Å²) < 4.78 is 21.0. The SMILES string of the molecule is COc1cc(-c2cccc(-c3cccc(NC(=O)c4ccc(CN[C@@](C)(CO)C(=O)O)cn4)c3C)c2C)cc(F)c1CN[C@@](C)(CO)C(=O)O. The van der Waals surface area contributed by atoms with Crippen LogP contribution in [0.1, 0.15) is 46.6 Å². The summed E-state index contributed by atoms with van der Waals surface area (Å²) in [5, 5.41) is 46.2. The molecule has 0 saturated carbocycles. The summed E-state index contributed by atoms with van der Waals surface area (Å²) in [6.45, 7) is 5.11. The molecule has 4 rings (SSSR count). The molecule has 7 N–H and O–H groups in total. The Morgan fingerprint density at radius 2 is 1.40 bits per heavy atom. The number of carbonyl (C=O) groups excluding carboxylic acids is 1. The van der Waals surface area contributed by atoms with Crippen LogP contribution in [0.2, 0.25) is 0 Å². The Morgan fingerprint density at radius 3 is 1.96 bits per heavy atom. The molecule has 3 aromatic carbocycles. The third-order valence-electron chi connectivity index (χ3n) is 8.86. The van der Waals surface area contributed by atoms with Crippen LogP contribution in [0.4, 0.5) is 10.1 Å². The Balaban J connectivity index is 1.57. The summed E-state index contributed by atoms with van der Waals surface area (Å²) in [4.78, 5) is 40.4. The van der Waals surface area contributed by atoms with Crippen molar-refractivity contribution in [2.45, 2.75) is 51.9 Å². The molecule has 12 nitrogen and oxygen atoms in total. The maximum atomic E-state index is 15.5. The minimum Gasteiger partial charge on any atom is -0.496 e. The van der Waals surface area contributed by atoms with Gasteiger partial charge in [-0.25, -0.2) is 4.39 Å². The number of anilines is 1. The fourth-order valence-corrected chi connectivity index (χ4v) is 5.25. The maximum Gasteiger partial charge on any atom is 0.326 e. The van der Waals surface area contributed by atoms with Crippen molar-refractivity contribution in [3.05, 3.63) is 101 Å². The molecule has 264 valence electrons. The van der Waals surface area contributed by atoms with Crippen LogP contribution in [0, 0.1) is 19.7 Å². The van der Waals surface area contributed by atoms with Crippen molar-refractivity contribution in [3.8, 4) is 28.0 Å². The number of carbonyl (C=O) groups is 3. The average Bonchev–Trinajstić information content (AvgIpc) is 3.10. The monoisotopic (exact) mass is 688 g/mol. The second kappa shape index (κ2) is 15.6. The van der Waals surface area contributed by atoms with E-state index in [9.17, 15) is 34.8 Å². The second-order valence-electron chi connectivity index (χ2n) is 12.4. The number of halogens is 1. The lowest BCUT2D eigenvalue weighted by molar-refractivity contribution is -0.146. The number of ether oxygens (including phenoxy) is 1. The van der Waals surface area contributed by atoms with Crippen LogP contribution in [0.15, 0.2) is 66.9 Å². The molecule has 0 bridgehead atoms. The fourth-order valence-electron chi connectivity index (χ4n) is 5.25. The molecule has 0 spiro atoms. The Hall–Kier alpha value is -5.21. The Labute approximate surface area is 289 Å². The van der Waals surface area contributed by atoms with E-state index < -0.39 is 48.0 Å². The first-order chi connectivity index (χ1) is 23.7. The zero-order chi connectivity index (χ0) is 36.8. The van der Waals surface area contributed by atoms with E-state index in [1.807, 2.05) is 44.2 Å². The van der Waals surface area contributed by atoms with Crippen LogP contribution in [-0.4, -0.2) is 74.7 Å². The van der Waals surface area contributed by atoms with Crippen molar-refractivity contribution in [1.29, 1.82) is 0 Å². The highest BCUT2D eigenvalue weighted by molar-refractivity contribution is 6.04. The van der Waals surface area contributed by atoms with Crippen LogP contribution in [0.5, 0.6) is 5.75 Å². The molecule has 0 radical (unpaired) electrons. The summed E-state index contributed by atoms with van der Waals surface area (Å²) in [6, 6.07) is 17.4. The highest BCUT2D eigenvalue weighted by atomic mass is 19.1. The van der Waals surface area contributed by atoms with Gasteiger partial charge in [-0.1, -0.05) is 36.4 Å². The lowest BCUT2D eigenvalue weighted by Gasteiger charge is -2.24. The van der Waals surface area contributed by atoms with Crippen molar-refractivity contribution in [2.75, 3.05) is 25.6 Å². The number of methoxy groups -OCH3 is 1. The first-order valence-corrected chi connectivity index (χ1v) is 15.7. The number of amides is 1. The minimum atomic E-state index is -1.67. The van der Waals surface area contributed by atoms with Gasteiger partial charge in [0.2, 0.25) is 0 Å². The van der Waals surface area contributed by atoms with Gasteiger partial charge in [0.15, 0.2) is 0 Å². The quantitative estimate of drug-likeness (QED) is 0.0944. The molecule has 0 unspecified atom stereocenters. The lowest BCUT2D eigenvalue weighted by Crippen LogP contribution is -2.52. The highest BCUT2D eigenvalue weighted by Crippen LogP contribution is 2.38. The van der Waals surface area contributed by atoms with Gasteiger partial charge in [0, 0.05) is 30.5 Å². The molecule has 4 aromatic rings. The van der Waals surface area contributed by atoms with E-state index in [4.69, 9.17) is 4.74 Å². The average molecular weight is 689 g/mol. The summed E-state index contributed by atoms with van der Waals surface area (Å²) in [5.74, 6) is -3.30. The topological polar surface area (TPSA) is 190 Å². The molecule has 1 amide bonds. The predicted octanol–water partition coefficient (Wildman–Crippen LogP) is 4.28. The van der Waals surface area contributed by atoms with E-state index in [2.05, 4.69) is 20.9 Å². The van der Waals surface area contributed by atoms with Gasteiger partial charge >= 0.3 is 11.9 Å². The molecular formula is C37H41FN4O8. The van der Waals surface area contributed by atoms with Gasteiger partial charge in [0.05, 0.1) is 20.3 Å². The number of rotatable bonds is 15. The van der Waals surface area contributed by atoms with Gasteiger partial charge < -0.3 is 30.5 Å². The Bertz CT molecular complexity index is 1900. The van der Waals surface area contributed by atoms with Crippen LogP contribution in [-0.2, 0) is 22.7 Å². The predicted molar refractivity (Wildman–Crippen MR) is 185 cm³/mol. The largest absolute Gasteiger partial charge is 0.496 e. The number of hydrogen-bond acceptors (Lipinski definition) is 9. The number of aromatic nitrogens is 1. The van der Waals surface area contributed by atoms with Crippen LogP contribution >= 0.6 is 0 Å². The van der Waals surface area contributed by atoms with Crippen molar-refractivity contribution < 1.29 is 43.9 Å². The molecule has 0 aliphatic carbocycles. The molecule has 0 fully saturated rings. The highest BCUT2D eigenvalue weighted by Gasteiger charge is 2.33. The van der Waals surface area contributed by atoms with E-state index in [1.54, 1.807) is 18.2 Å². The number of hydrogen-bond donors (Lipinski definition) is 7. The molecule has 13 heteroatoms. The van der Waals surface area contributed by atoms with E-state index >= 15 is 4.39 Å². The zero-order valence-corrected chi connectivity index (χ0v) is 28.4. The number of aliphatic carboxylic acids is 2. The molecule has 0 aliphatic heterocycles. The Morgan fingerprint density at radius 1 is 0.820 bits per heavy atom. The summed E-state index contributed by atoms with van der Waals surface area (Å²) in [7, 11) is 1.40. The van der Waals surface area contributed by atoms with Gasteiger partial charge in [-0.2, -0.15) is 0 Å². The lowest BCUT2D eigenvalue weighted by atomic mass is 9.90. The number of benzene rings is 3. The maximum absolute atomic E-state index is 15.5. The third-order valence-corrected chi connectivity index (χ3v) is 8.86. The molecule has 1 aromatic heterocycles. The number of aliphatic hydroxyl groups is 2. The molecular weight excluding hydrogens is 647 g/mol. The number of aliphatic hydroxyl groups excluding tert-OH is 2. The van der Waals surface area contributed by atoms with Crippen molar-refractivity contribution >= 4 is 23.5 Å². The Kier molecular flexibility index (Phi) is 11.7. The first-order valence-electron chi connectivity index (χ1n) is 15.7. The number of nitrogens with zero attached hydrogens (tertiary/aromatic N) is 1. The van der Waals surface area contributed by atoms with Gasteiger partial charge in [-0.3, -0.25) is 30.0 Å². The minimum absolute atomic E-state index is 0.119. The van der Waals surface area contributed by atoms with Gasteiger partial charge in [-0.15, -0.1) is 0 Å². The number of carboxylic acid groups (broad SMARTS) is 2. The second-order valence-corrected chi connectivity index (χ2v) is 12.4. The van der Waals surface area contributed by atoms with Crippen LogP contribution in [0.25, 0.3) is 22.3 Å². The molecule has 0 aliphatic rings. The summed E-state index contributed by atoms with van der Waals surface area (Å²) >= 11 is 0. The van der Waals surface area contributed by atoms with Crippen molar-refractivity contribution in [3.63, 3.8) is 0 Å². The first kappa shape index (κ1) is 37.6. The smallest absolute Gasteiger partial charge is 0.326 e. The fraction of sp³-hybridized carbons (Fsp3) is 0.297. The van der Waals surface area contributed by atoms with Crippen LogP contribution in [0.3, 0.4) is 0 Å². The standard InChI is InChI=1S/C37H41FN4O8/c1-21-25(24-14-29(38)28(32(15-24)50-5)18-41-37(4,20-44)35(48)49)8-6-9-26(21)27-10-7-11-30(22(27)2)42-33(45)31-13-12-23(16-39-31)17-40-36(3,19-43)34(46)47/h6-16,40-41,43-44H,17-20H2,1-5H3,(H,42,45)(H,46,47)(H,48,49)/t36-,37-/m0/s1. The third kappa shape index (κ3) is 7.98. The van der Waals surface area contributed by atoms with Crippen molar-refractivity contribution in [2.24, 2.45) is 0 Å². The van der Waals surface area contributed by atoms with E-state index in [0.717, 1.165) is 27.8 Å². The molecule has 50 heavy (non-hydrogen) atoms. The van der Waals surface area contributed by atoms with E-state index in [1.165, 1.54) is 39.3 Å². The van der Waals surface area contributed by atoms with Crippen LogP contribution < -0.4 is 20.7 Å². The van der Waals surface area contributed by atoms with E-state index in [-0.39, 0.29) is 30.1 Å². The van der Waals surface area contributed by atoms with Gasteiger partial charge in [0.1, 0.15) is 28.3 Å². The normalized spacial score (nSPS) is 13.6. The zero-order valence-electron chi connectivity index (χ0n) is 28.4. The van der Waals surface area contributed by atoms with Crippen molar-refractivity contribution in [1.82, 2.24) is 15.6 Å². The summed E-state index contributed by atoms with van der Waals surface area (Å²) in [6.07, 6.45) is 1.46. The molecule has 1 heterocycles. The molecule has 0 saturated heterocycles.